The number of carbonyl (C=O) groups is 6. The number of ether oxygens (including phenoxy) is 6. The monoisotopic (exact) mass is 1030 g/mol. The predicted molar refractivity (Wildman–Crippen MR) is 271 cm³/mol. The van der Waals surface area contributed by atoms with Gasteiger partial charge >= 0.3 is 11.9 Å². The highest BCUT2D eigenvalue weighted by molar-refractivity contribution is 6.39. The van der Waals surface area contributed by atoms with E-state index in [1.165, 1.54) is 21.1 Å². The Kier molecular flexibility index (Phi) is 23.9. The lowest BCUT2D eigenvalue weighted by molar-refractivity contribution is -0.265. The lowest BCUT2D eigenvalue weighted by Gasteiger charge is -2.42. The first kappa shape index (κ1) is 61.6. The van der Waals surface area contributed by atoms with Crippen LogP contribution in [0, 0.1) is 40.9 Å². The fraction of sp³-hybridized carbons (Fsp3) is 0.750. The fourth-order valence-electron chi connectivity index (χ4n) is 10.7. The van der Waals surface area contributed by atoms with Crippen molar-refractivity contribution in [1.82, 2.24) is 4.90 Å². The van der Waals surface area contributed by atoms with Gasteiger partial charge in [0.15, 0.2) is 5.78 Å². The Labute approximate surface area is 433 Å². The molecule has 2 bridgehead atoms. The first-order chi connectivity index (χ1) is 34.5. The van der Waals surface area contributed by atoms with E-state index in [-0.39, 0.29) is 42.8 Å². The molecule has 0 radical (unpaired) electrons. The van der Waals surface area contributed by atoms with Crippen LogP contribution >= 0.6 is 0 Å². The van der Waals surface area contributed by atoms with Gasteiger partial charge in [-0.15, -0.1) is 0 Å². The number of allylic oxidation sites excluding steroid dienone is 6. The van der Waals surface area contributed by atoms with Gasteiger partial charge in [-0.05, 0) is 114 Å². The molecule has 412 valence electrons. The Morgan fingerprint density at radius 3 is 2.21 bits per heavy atom. The molecule has 1 saturated carbocycles. The second kappa shape index (κ2) is 28.3. The third kappa shape index (κ3) is 16.0. The van der Waals surface area contributed by atoms with E-state index < -0.39 is 120 Å². The SMILES string of the molecule is COC1C(=O)C(C)CC(C)/C=C/C=C/C=C(\C)[C@@H](OC)CC2CC[C@@H](C)[C@@](O)(O2)C(=O)C(=O)N2CCCC[C@H]2C(=O)O[C@H](C(C)C[C@@H]2CC[C@@H](OC(=O)C(C)(CO)CO)C(OC)C2)CC(=O)[C@H](C)/C=C(\C)[C@H]1O. The van der Waals surface area contributed by atoms with Crippen molar-refractivity contribution in [2.24, 2.45) is 40.9 Å². The molecule has 15 atom stereocenters. The van der Waals surface area contributed by atoms with E-state index in [0.717, 1.165) is 10.5 Å². The second-order valence-electron chi connectivity index (χ2n) is 21.8. The number of ketones is 3. The van der Waals surface area contributed by atoms with E-state index in [1.54, 1.807) is 40.9 Å². The van der Waals surface area contributed by atoms with Gasteiger partial charge in [0.05, 0.1) is 31.5 Å². The number of nitrogens with zero attached hydrogens (tertiary/aromatic N) is 1. The molecule has 0 aromatic carbocycles. The molecule has 0 spiro atoms. The highest BCUT2D eigenvalue weighted by Gasteiger charge is 2.53. The molecule has 73 heavy (non-hydrogen) atoms. The molecule has 1 amide bonds. The largest absolute Gasteiger partial charge is 0.460 e. The molecule has 0 aromatic rings. The van der Waals surface area contributed by atoms with Crippen LogP contribution in [0.2, 0.25) is 0 Å². The van der Waals surface area contributed by atoms with Gasteiger partial charge in [-0.1, -0.05) is 71.1 Å². The standard InChI is InChI=1S/C56H87NO16/c1-33-17-13-12-14-18-34(2)45(68-9)29-41-22-20-39(7)56(67,73-41)51(63)52(64)57-24-16-15-19-42(57)53(65)71-46(30-43(60)35(3)26-38(6)49(62)50(70-11)48(61)37(5)25-33)36(4)27-40-21-23-44(47(28-40)69-10)72-54(66)55(8,31-58)32-59/h12-14,17-18,26,33,35-37,39-42,44-47,49-50,58-59,62,67H,15-16,19-25,27-32H2,1-11H3/b14-12+,17-13+,34-18+,38-26+/t33?,35-,36?,37?,39-,40+,41?,42+,44-,45+,46+,47?,49-,50?,56-/m1/s1. The van der Waals surface area contributed by atoms with E-state index in [4.69, 9.17) is 28.4 Å². The van der Waals surface area contributed by atoms with Crippen LogP contribution in [-0.2, 0) is 57.2 Å². The Morgan fingerprint density at radius 1 is 0.863 bits per heavy atom. The van der Waals surface area contributed by atoms with Crippen LogP contribution < -0.4 is 0 Å². The van der Waals surface area contributed by atoms with E-state index in [0.29, 0.717) is 69.8 Å². The third-order valence-corrected chi connectivity index (χ3v) is 15.9. The smallest absolute Gasteiger partial charge is 0.329 e. The highest BCUT2D eigenvalue weighted by atomic mass is 16.6. The number of aliphatic hydroxyl groups is 4. The number of fused-ring (bicyclic) bond motifs is 3. The van der Waals surface area contributed by atoms with Gasteiger partial charge in [-0.25, -0.2) is 4.79 Å². The van der Waals surface area contributed by atoms with Crippen LogP contribution in [0.3, 0.4) is 0 Å². The lowest BCUT2D eigenvalue weighted by atomic mass is 9.78. The van der Waals surface area contributed by atoms with Crippen molar-refractivity contribution in [2.45, 2.75) is 187 Å². The number of cyclic esters (lactones) is 1. The summed E-state index contributed by atoms with van der Waals surface area (Å²) in [5.74, 6) is -9.36. The maximum Gasteiger partial charge on any atom is 0.329 e. The molecule has 2 saturated heterocycles. The number of aliphatic hydroxyl groups excluding tert-OH is 3. The summed E-state index contributed by atoms with van der Waals surface area (Å²) in [6.07, 6.45) is 9.76. The Morgan fingerprint density at radius 2 is 1.56 bits per heavy atom. The molecule has 3 aliphatic heterocycles. The minimum Gasteiger partial charge on any atom is -0.460 e. The summed E-state index contributed by atoms with van der Waals surface area (Å²) < 4.78 is 35.4. The molecule has 6 unspecified atom stereocenters. The van der Waals surface area contributed by atoms with E-state index >= 15 is 0 Å². The van der Waals surface area contributed by atoms with Gasteiger partial charge in [0.2, 0.25) is 5.79 Å². The highest BCUT2D eigenvalue weighted by Crippen LogP contribution is 2.38. The number of Topliss-reactive ketones (excluding diaryl/α,β-unsaturated/α-hetero) is 3. The predicted octanol–water partition coefficient (Wildman–Crippen LogP) is 5.72. The molecule has 0 aromatic heterocycles. The Hall–Kier alpha value is -3.94. The van der Waals surface area contributed by atoms with E-state index in [9.17, 15) is 49.2 Å². The summed E-state index contributed by atoms with van der Waals surface area (Å²) in [6.45, 7) is 12.7. The molecule has 3 fully saturated rings. The third-order valence-electron chi connectivity index (χ3n) is 15.9. The fourth-order valence-corrected chi connectivity index (χ4v) is 10.7. The Balaban J connectivity index is 1.69. The number of amides is 1. The quantitative estimate of drug-likeness (QED) is 0.116. The van der Waals surface area contributed by atoms with E-state index in [1.807, 2.05) is 51.2 Å². The minimum absolute atomic E-state index is 0.00697. The first-order valence-corrected chi connectivity index (χ1v) is 26.4. The summed E-state index contributed by atoms with van der Waals surface area (Å²) in [6, 6.07) is -1.20. The maximum atomic E-state index is 14.5. The van der Waals surface area contributed by atoms with E-state index in [2.05, 4.69) is 0 Å². The van der Waals surface area contributed by atoms with Gasteiger partial charge in [-0.3, -0.25) is 24.0 Å². The normalized spacial score (nSPS) is 37.4. The van der Waals surface area contributed by atoms with Gasteiger partial charge in [0, 0.05) is 58.5 Å². The van der Waals surface area contributed by atoms with Gasteiger partial charge < -0.3 is 53.7 Å². The number of methoxy groups -OCH3 is 3. The summed E-state index contributed by atoms with van der Waals surface area (Å²) >= 11 is 0. The van der Waals surface area contributed by atoms with Crippen molar-refractivity contribution >= 4 is 35.2 Å². The van der Waals surface area contributed by atoms with Gasteiger partial charge in [0.25, 0.3) is 11.7 Å². The average molecular weight is 1030 g/mol. The Bertz CT molecular complexity index is 2010. The summed E-state index contributed by atoms with van der Waals surface area (Å²) in [4.78, 5) is 85.4. The zero-order valence-corrected chi connectivity index (χ0v) is 45.3. The molecule has 17 heteroatoms. The van der Waals surface area contributed by atoms with Crippen molar-refractivity contribution in [2.75, 3.05) is 41.1 Å². The van der Waals surface area contributed by atoms with Crippen LogP contribution in [0.1, 0.15) is 132 Å². The van der Waals surface area contributed by atoms with Crippen molar-refractivity contribution in [3.05, 3.63) is 47.6 Å². The zero-order chi connectivity index (χ0) is 54.4. The van der Waals surface area contributed by atoms with Crippen molar-refractivity contribution in [3.8, 4) is 0 Å². The van der Waals surface area contributed by atoms with Crippen LogP contribution in [-0.4, -0.2) is 156 Å². The molecular weight excluding hydrogens is 943 g/mol. The van der Waals surface area contributed by atoms with Crippen LogP contribution in [0.15, 0.2) is 47.6 Å². The topological polar surface area (TPSA) is 242 Å². The molecular formula is C56H87NO16. The number of hydrogen-bond acceptors (Lipinski definition) is 16. The molecule has 4 aliphatic rings. The first-order valence-electron chi connectivity index (χ1n) is 26.4. The van der Waals surface area contributed by atoms with Crippen LogP contribution in [0.4, 0.5) is 0 Å². The van der Waals surface area contributed by atoms with Gasteiger partial charge in [-0.2, -0.15) is 0 Å². The van der Waals surface area contributed by atoms with Crippen LogP contribution in [0.5, 0.6) is 0 Å². The maximum absolute atomic E-state index is 14.5. The van der Waals surface area contributed by atoms with Crippen molar-refractivity contribution in [3.63, 3.8) is 0 Å². The average Bonchev–Trinajstić information content (AvgIpc) is 3.37. The van der Waals surface area contributed by atoms with Gasteiger partial charge in [0.1, 0.15) is 41.7 Å². The summed E-state index contributed by atoms with van der Waals surface area (Å²) in [5.41, 5.74) is -0.277. The van der Waals surface area contributed by atoms with Crippen LogP contribution in [0.25, 0.3) is 0 Å². The number of piperidine rings is 1. The number of hydrogen-bond donors (Lipinski definition) is 4. The summed E-state index contributed by atoms with van der Waals surface area (Å²) in [5, 5.41) is 43.1. The molecule has 17 nitrogen and oxygen atoms in total. The molecule has 4 rings (SSSR count). The second-order valence-corrected chi connectivity index (χ2v) is 21.8. The number of carbonyl (C=O) groups excluding carboxylic acids is 6. The number of rotatable bonds is 10. The zero-order valence-electron chi connectivity index (χ0n) is 45.3. The molecule has 3 heterocycles. The van der Waals surface area contributed by atoms with Crippen molar-refractivity contribution in [1.29, 1.82) is 0 Å². The van der Waals surface area contributed by atoms with Crippen molar-refractivity contribution < 1.29 is 77.6 Å². The minimum atomic E-state index is -2.47. The summed E-state index contributed by atoms with van der Waals surface area (Å²) in [7, 11) is 4.43. The molecule has 1 aliphatic carbocycles. The number of esters is 2. The lowest BCUT2D eigenvalue weighted by Crippen LogP contribution is -2.61. The molecule has 4 N–H and O–H groups in total.